The standard InChI is InChI=1S/C17H20N2O3.C2H2O4/c1-2-15(20-9-1)12-19-7-5-18(6-8-19)11-14-3-4-16-17(10-14)22-13-21-16;3-1(4)2(5)6/h1-4,9-10H,5-8,11-13H2;(H,3,4)(H,5,6). The first-order valence-electron chi connectivity index (χ1n) is 8.83. The van der Waals surface area contributed by atoms with Crippen LogP contribution in [0.1, 0.15) is 11.3 Å². The van der Waals surface area contributed by atoms with Crippen LogP contribution in [0.4, 0.5) is 0 Å². The molecule has 1 aromatic heterocycles. The number of rotatable bonds is 4. The highest BCUT2D eigenvalue weighted by atomic mass is 16.7. The Kier molecular flexibility index (Phi) is 6.51. The minimum atomic E-state index is -1.82. The van der Waals surface area contributed by atoms with Crippen LogP contribution in [0, 0.1) is 0 Å². The highest BCUT2D eigenvalue weighted by Gasteiger charge is 2.19. The molecule has 2 aliphatic heterocycles. The number of furan rings is 1. The van der Waals surface area contributed by atoms with Crippen molar-refractivity contribution in [1.29, 1.82) is 0 Å². The average molecular weight is 390 g/mol. The SMILES string of the molecule is O=C(O)C(=O)O.c1coc(CN2CCN(Cc3ccc4c(c3)OCO4)CC2)c1. The number of aliphatic carboxylic acids is 2. The fraction of sp³-hybridized carbons (Fsp3) is 0.368. The third-order valence-electron chi connectivity index (χ3n) is 4.45. The van der Waals surface area contributed by atoms with Gasteiger partial charge in [-0.1, -0.05) is 6.07 Å². The summed E-state index contributed by atoms with van der Waals surface area (Å²) in [5, 5.41) is 14.8. The molecule has 0 amide bonds. The first-order chi connectivity index (χ1) is 13.5. The van der Waals surface area contributed by atoms with E-state index in [4.69, 9.17) is 33.7 Å². The molecule has 9 nitrogen and oxygen atoms in total. The smallest absolute Gasteiger partial charge is 0.414 e. The normalized spacial score (nSPS) is 16.3. The molecule has 2 aromatic rings. The first kappa shape index (κ1) is 19.7. The number of hydrogen-bond donors (Lipinski definition) is 2. The second kappa shape index (κ2) is 9.25. The number of carbonyl (C=O) groups is 2. The van der Waals surface area contributed by atoms with Crippen molar-refractivity contribution in [2.45, 2.75) is 13.1 Å². The van der Waals surface area contributed by atoms with Crippen molar-refractivity contribution in [3.05, 3.63) is 47.9 Å². The number of piperazine rings is 1. The van der Waals surface area contributed by atoms with E-state index in [2.05, 4.69) is 21.9 Å². The van der Waals surface area contributed by atoms with E-state index in [0.717, 1.165) is 56.5 Å². The molecular weight excluding hydrogens is 368 g/mol. The lowest BCUT2D eigenvalue weighted by Crippen LogP contribution is -2.45. The molecule has 1 saturated heterocycles. The van der Waals surface area contributed by atoms with Crippen LogP contribution in [-0.4, -0.2) is 64.9 Å². The lowest BCUT2D eigenvalue weighted by Gasteiger charge is -2.34. The molecule has 0 bridgehead atoms. The number of benzene rings is 1. The molecule has 150 valence electrons. The van der Waals surface area contributed by atoms with Crippen LogP contribution in [0.3, 0.4) is 0 Å². The summed E-state index contributed by atoms with van der Waals surface area (Å²) in [6, 6.07) is 10.2. The molecule has 28 heavy (non-hydrogen) atoms. The van der Waals surface area contributed by atoms with E-state index < -0.39 is 11.9 Å². The van der Waals surface area contributed by atoms with E-state index in [9.17, 15) is 0 Å². The summed E-state index contributed by atoms with van der Waals surface area (Å²) < 4.78 is 16.2. The molecule has 0 unspecified atom stereocenters. The van der Waals surface area contributed by atoms with Crippen LogP contribution in [0.5, 0.6) is 11.5 Å². The topological polar surface area (TPSA) is 113 Å². The lowest BCUT2D eigenvalue weighted by molar-refractivity contribution is -0.159. The van der Waals surface area contributed by atoms with E-state index in [1.807, 2.05) is 18.2 Å². The Bertz CT molecular complexity index is 787. The maximum Gasteiger partial charge on any atom is 0.414 e. The highest BCUT2D eigenvalue weighted by molar-refractivity contribution is 6.27. The number of hydrogen-bond acceptors (Lipinski definition) is 7. The number of nitrogens with zero attached hydrogens (tertiary/aromatic N) is 2. The number of ether oxygens (including phenoxy) is 2. The fourth-order valence-corrected chi connectivity index (χ4v) is 3.03. The number of fused-ring (bicyclic) bond motifs is 1. The molecule has 0 spiro atoms. The van der Waals surface area contributed by atoms with Gasteiger partial charge in [0.05, 0.1) is 12.8 Å². The van der Waals surface area contributed by atoms with Crippen molar-refractivity contribution in [2.24, 2.45) is 0 Å². The van der Waals surface area contributed by atoms with E-state index in [-0.39, 0.29) is 0 Å². The zero-order valence-corrected chi connectivity index (χ0v) is 15.2. The molecule has 3 heterocycles. The first-order valence-corrected chi connectivity index (χ1v) is 8.83. The summed E-state index contributed by atoms with van der Waals surface area (Å²) in [4.78, 5) is 23.1. The summed E-state index contributed by atoms with van der Waals surface area (Å²) in [6.45, 7) is 6.52. The second-order valence-corrected chi connectivity index (χ2v) is 6.43. The van der Waals surface area contributed by atoms with Gasteiger partial charge in [-0.15, -0.1) is 0 Å². The van der Waals surface area contributed by atoms with Crippen molar-refractivity contribution >= 4 is 11.9 Å². The van der Waals surface area contributed by atoms with Gasteiger partial charge in [0.15, 0.2) is 11.5 Å². The zero-order chi connectivity index (χ0) is 19.9. The monoisotopic (exact) mass is 390 g/mol. The van der Waals surface area contributed by atoms with Crippen LogP contribution >= 0.6 is 0 Å². The van der Waals surface area contributed by atoms with E-state index in [1.165, 1.54) is 5.56 Å². The molecule has 1 fully saturated rings. The van der Waals surface area contributed by atoms with Gasteiger partial charge in [0.25, 0.3) is 0 Å². The molecule has 0 aliphatic carbocycles. The van der Waals surface area contributed by atoms with Crippen LogP contribution in [0.2, 0.25) is 0 Å². The Labute approximate surface area is 161 Å². The molecule has 0 atom stereocenters. The van der Waals surface area contributed by atoms with Gasteiger partial charge in [-0.3, -0.25) is 9.80 Å². The minimum absolute atomic E-state index is 0.338. The number of carboxylic acids is 2. The van der Waals surface area contributed by atoms with E-state index in [0.29, 0.717) is 6.79 Å². The molecule has 1 aromatic carbocycles. The van der Waals surface area contributed by atoms with Crippen molar-refractivity contribution in [3.63, 3.8) is 0 Å². The molecular formula is C19H22N2O7. The second-order valence-electron chi connectivity index (χ2n) is 6.43. The van der Waals surface area contributed by atoms with Gasteiger partial charge in [0, 0.05) is 32.7 Å². The van der Waals surface area contributed by atoms with Crippen molar-refractivity contribution in [1.82, 2.24) is 9.80 Å². The molecule has 2 N–H and O–H groups in total. The van der Waals surface area contributed by atoms with Crippen LogP contribution in [0.25, 0.3) is 0 Å². The Morgan fingerprint density at radius 3 is 2.14 bits per heavy atom. The summed E-state index contributed by atoms with van der Waals surface area (Å²) >= 11 is 0. The van der Waals surface area contributed by atoms with Crippen LogP contribution < -0.4 is 9.47 Å². The van der Waals surface area contributed by atoms with Gasteiger partial charge < -0.3 is 24.1 Å². The third kappa shape index (κ3) is 5.48. The van der Waals surface area contributed by atoms with Crippen molar-refractivity contribution < 1.29 is 33.7 Å². The van der Waals surface area contributed by atoms with Crippen LogP contribution in [0.15, 0.2) is 41.0 Å². The summed E-state index contributed by atoms with van der Waals surface area (Å²) in [5.41, 5.74) is 1.28. The summed E-state index contributed by atoms with van der Waals surface area (Å²) in [6.07, 6.45) is 1.74. The Morgan fingerprint density at radius 1 is 0.893 bits per heavy atom. The largest absolute Gasteiger partial charge is 0.473 e. The zero-order valence-electron chi connectivity index (χ0n) is 15.2. The van der Waals surface area contributed by atoms with Gasteiger partial charge in [-0.05, 0) is 29.8 Å². The van der Waals surface area contributed by atoms with Gasteiger partial charge >= 0.3 is 11.9 Å². The molecule has 4 rings (SSSR count). The van der Waals surface area contributed by atoms with Gasteiger partial charge in [0.2, 0.25) is 6.79 Å². The molecule has 0 saturated carbocycles. The predicted molar refractivity (Wildman–Crippen MR) is 97.1 cm³/mol. The quantitative estimate of drug-likeness (QED) is 0.750. The third-order valence-corrected chi connectivity index (χ3v) is 4.45. The van der Waals surface area contributed by atoms with Gasteiger partial charge in [0.1, 0.15) is 5.76 Å². The van der Waals surface area contributed by atoms with E-state index >= 15 is 0 Å². The van der Waals surface area contributed by atoms with Crippen molar-refractivity contribution in [3.8, 4) is 11.5 Å². The van der Waals surface area contributed by atoms with Crippen molar-refractivity contribution in [2.75, 3.05) is 33.0 Å². The van der Waals surface area contributed by atoms with E-state index in [1.54, 1.807) is 6.26 Å². The molecule has 2 aliphatic rings. The number of carboxylic acid groups (broad SMARTS) is 2. The highest BCUT2D eigenvalue weighted by Crippen LogP contribution is 2.32. The Balaban J connectivity index is 0.000000330. The van der Waals surface area contributed by atoms with Crippen LogP contribution in [-0.2, 0) is 22.7 Å². The fourth-order valence-electron chi connectivity index (χ4n) is 3.03. The molecule has 0 radical (unpaired) electrons. The average Bonchev–Trinajstić information content (AvgIpc) is 3.35. The Morgan fingerprint density at radius 2 is 1.54 bits per heavy atom. The van der Waals surface area contributed by atoms with Gasteiger partial charge in [-0.2, -0.15) is 0 Å². The lowest BCUT2D eigenvalue weighted by atomic mass is 10.1. The summed E-state index contributed by atoms with van der Waals surface area (Å²) in [7, 11) is 0. The molecule has 9 heteroatoms. The summed E-state index contributed by atoms with van der Waals surface area (Å²) in [5.74, 6) is -0.879. The maximum atomic E-state index is 9.10. The Hall–Kier alpha value is -3.04. The minimum Gasteiger partial charge on any atom is -0.473 e. The maximum absolute atomic E-state index is 9.10. The predicted octanol–water partition coefficient (Wildman–Crippen LogP) is 1.48. The van der Waals surface area contributed by atoms with Gasteiger partial charge in [-0.25, -0.2) is 9.59 Å².